The van der Waals surface area contributed by atoms with Crippen molar-refractivity contribution in [3.8, 4) is 0 Å². The second kappa shape index (κ2) is 6.47. The van der Waals surface area contributed by atoms with Crippen LogP contribution < -0.4 is 0 Å². The molecule has 0 aromatic heterocycles. The molecule has 0 bridgehead atoms. The number of halogens is 6. The van der Waals surface area contributed by atoms with Crippen molar-refractivity contribution in [1.29, 1.82) is 0 Å². The fraction of sp³-hybridized carbons (Fsp3) is 0.455. The van der Waals surface area contributed by atoms with Crippen LogP contribution in [-0.4, -0.2) is 29.5 Å². The van der Waals surface area contributed by atoms with Crippen molar-refractivity contribution in [2.24, 2.45) is 0 Å². The van der Waals surface area contributed by atoms with Gasteiger partial charge in [-0.1, -0.05) is 22.0 Å². The normalized spacial score (nSPS) is 12.2. The first-order chi connectivity index (χ1) is 8.31. The minimum absolute atomic E-state index is 0.0431. The third kappa shape index (κ3) is 5.30. The van der Waals surface area contributed by atoms with Crippen LogP contribution in [0.5, 0.6) is 0 Å². The van der Waals surface area contributed by atoms with E-state index in [0.29, 0.717) is 11.4 Å². The van der Waals surface area contributed by atoms with Gasteiger partial charge in [0.2, 0.25) is 0 Å². The first kappa shape index (κ1) is 15.4. The highest BCUT2D eigenvalue weighted by Gasteiger charge is 2.30. The highest BCUT2D eigenvalue weighted by atomic mass is 79.9. The van der Waals surface area contributed by atoms with Crippen LogP contribution in [0.1, 0.15) is 5.56 Å². The maximum Gasteiger partial charge on any atom is 0.401 e. The second-order valence-corrected chi connectivity index (χ2v) is 4.54. The number of hydrogen-bond donors (Lipinski definition) is 0. The van der Waals surface area contributed by atoms with Crippen LogP contribution >= 0.6 is 15.9 Å². The van der Waals surface area contributed by atoms with Crippen molar-refractivity contribution in [2.45, 2.75) is 12.7 Å². The number of benzene rings is 1. The summed E-state index contributed by atoms with van der Waals surface area (Å²) in [7, 11) is 0. The lowest BCUT2D eigenvalue weighted by Crippen LogP contribution is -2.35. The zero-order chi connectivity index (χ0) is 13.8. The van der Waals surface area contributed by atoms with Gasteiger partial charge in [0.25, 0.3) is 0 Å². The van der Waals surface area contributed by atoms with E-state index in [9.17, 15) is 22.0 Å². The molecule has 0 N–H and O–H groups in total. The molecule has 0 spiro atoms. The molecular weight excluding hydrogens is 321 g/mol. The third-order valence-corrected chi connectivity index (χ3v) is 2.57. The molecule has 0 unspecified atom stereocenters. The van der Waals surface area contributed by atoms with Crippen LogP contribution in [0.25, 0.3) is 0 Å². The molecule has 0 aliphatic rings. The largest absolute Gasteiger partial charge is 0.401 e. The SMILES string of the molecule is Fc1ccc(CN(CCBr)CC(F)(F)F)c(F)c1. The molecule has 0 atom stereocenters. The van der Waals surface area contributed by atoms with E-state index in [1.165, 1.54) is 0 Å². The maximum atomic E-state index is 13.3. The lowest BCUT2D eigenvalue weighted by molar-refractivity contribution is -0.146. The van der Waals surface area contributed by atoms with E-state index >= 15 is 0 Å². The average Bonchev–Trinajstić information content (AvgIpc) is 2.20. The lowest BCUT2D eigenvalue weighted by atomic mass is 10.2. The second-order valence-electron chi connectivity index (χ2n) is 3.75. The van der Waals surface area contributed by atoms with Gasteiger partial charge in [-0.05, 0) is 6.07 Å². The van der Waals surface area contributed by atoms with Crippen molar-refractivity contribution in [2.75, 3.05) is 18.4 Å². The monoisotopic (exact) mass is 331 g/mol. The summed E-state index contributed by atoms with van der Waals surface area (Å²) in [6.45, 7) is -1.22. The van der Waals surface area contributed by atoms with Gasteiger partial charge >= 0.3 is 6.18 Å². The van der Waals surface area contributed by atoms with Crippen molar-refractivity contribution in [3.05, 3.63) is 35.4 Å². The molecule has 1 aromatic carbocycles. The smallest absolute Gasteiger partial charge is 0.290 e. The molecule has 0 heterocycles. The van der Waals surface area contributed by atoms with E-state index < -0.39 is 24.4 Å². The van der Waals surface area contributed by atoms with Gasteiger partial charge in [-0.2, -0.15) is 13.2 Å². The Morgan fingerprint density at radius 1 is 1.17 bits per heavy atom. The Kier molecular flexibility index (Phi) is 5.52. The van der Waals surface area contributed by atoms with Crippen molar-refractivity contribution in [1.82, 2.24) is 4.90 Å². The summed E-state index contributed by atoms with van der Waals surface area (Å²) in [6.07, 6.45) is -4.35. The standard InChI is InChI=1S/C11H11BrF5N/c12-3-4-18(7-11(15,16)17)6-8-1-2-9(13)5-10(8)14/h1-2,5H,3-4,6-7H2. The van der Waals surface area contributed by atoms with Crippen LogP contribution in [0.2, 0.25) is 0 Å². The van der Waals surface area contributed by atoms with Crippen LogP contribution in [0.3, 0.4) is 0 Å². The van der Waals surface area contributed by atoms with Gasteiger partial charge in [0.05, 0.1) is 6.54 Å². The van der Waals surface area contributed by atoms with Crippen LogP contribution in [0, 0.1) is 11.6 Å². The summed E-state index contributed by atoms with van der Waals surface area (Å²) in [5.74, 6) is -1.59. The minimum Gasteiger partial charge on any atom is -0.290 e. The molecule has 1 nitrogen and oxygen atoms in total. The minimum atomic E-state index is -4.35. The molecular formula is C11H11BrF5N. The summed E-state index contributed by atoms with van der Waals surface area (Å²) in [5, 5.41) is 0.339. The predicted octanol–water partition coefficient (Wildman–Crippen LogP) is 3.72. The van der Waals surface area contributed by atoms with Gasteiger partial charge in [-0.3, -0.25) is 4.90 Å². The average molecular weight is 332 g/mol. The summed E-state index contributed by atoms with van der Waals surface area (Å²) in [6, 6.07) is 2.84. The van der Waals surface area contributed by atoms with Gasteiger partial charge in [0, 0.05) is 30.0 Å². The molecule has 1 aromatic rings. The zero-order valence-electron chi connectivity index (χ0n) is 9.28. The molecule has 0 aliphatic carbocycles. The Morgan fingerprint density at radius 2 is 1.83 bits per heavy atom. The Bertz CT molecular complexity index is 394. The Morgan fingerprint density at radius 3 is 2.33 bits per heavy atom. The highest BCUT2D eigenvalue weighted by molar-refractivity contribution is 9.09. The molecule has 0 saturated carbocycles. The van der Waals surface area contributed by atoms with Gasteiger partial charge in [0.1, 0.15) is 11.6 Å². The Balaban J connectivity index is 2.76. The topological polar surface area (TPSA) is 3.24 Å². The first-order valence-electron chi connectivity index (χ1n) is 5.11. The van der Waals surface area contributed by atoms with E-state index in [4.69, 9.17) is 0 Å². The van der Waals surface area contributed by atoms with E-state index in [-0.39, 0.29) is 18.7 Å². The molecule has 0 fully saturated rings. The van der Waals surface area contributed by atoms with Crippen molar-refractivity contribution >= 4 is 15.9 Å². The molecule has 1 rings (SSSR count). The van der Waals surface area contributed by atoms with Crippen LogP contribution in [-0.2, 0) is 6.54 Å². The molecule has 102 valence electrons. The van der Waals surface area contributed by atoms with Crippen molar-refractivity contribution in [3.63, 3.8) is 0 Å². The van der Waals surface area contributed by atoms with E-state index in [0.717, 1.165) is 17.0 Å². The van der Waals surface area contributed by atoms with Gasteiger partial charge in [-0.25, -0.2) is 8.78 Å². The Labute approximate surface area is 110 Å². The lowest BCUT2D eigenvalue weighted by Gasteiger charge is -2.22. The van der Waals surface area contributed by atoms with Crippen LogP contribution in [0.4, 0.5) is 22.0 Å². The summed E-state index contributed by atoms with van der Waals surface area (Å²) in [4.78, 5) is 1.05. The Hall–Kier alpha value is -0.690. The fourth-order valence-corrected chi connectivity index (χ4v) is 1.98. The zero-order valence-corrected chi connectivity index (χ0v) is 10.9. The molecule has 0 amide bonds. The summed E-state index contributed by atoms with van der Waals surface area (Å²) < 4.78 is 62.8. The van der Waals surface area contributed by atoms with E-state index in [1.54, 1.807) is 0 Å². The number of alkyl halides is 4. The summed E-state index contributed by atoms with van der Waals surface area (Å²) in [5.41, 5.74) is 0.0431. The van der Waals surface area contributed by atoms with E-state index in [2.05, 4.69) is 15.9 Å². The predicted molar refractivity (Wildman–Crippen MR) is 61.5 cm³/mol. The first-order valence-corrected chi connectivity index (χ1v) is 6.23. The van der Waals surface area contributed by atoms with Gasteiger partial charge in [0.15, 0.2) is 0 Å². The van der Waals surface area contributed by atoms with Crippen molar-refractivity contribution < 1.29 is 22.0 Å². The number of hydrogen-bond acceptors (Lipinski definition) is 1. The number of rotatable bonds is 5. The van der Waals surface area contributed by atoms with Gasteiger partial charge in [-0.15, -0.1) is 0 Å². The molecule has 0 radical (unpaired) electrons. The fourth-order valence-electron chi connectivity index (χ4n) is 1.48. The molecule has 7 heteroatoms. The molecule has 18 heavy (non-hydrogen) atoms. The number of nitrogens with zero attached hydrogens (tertiary/aromatic N) is 1. The van der Waals surface area contributed by atoms with Gasteiger partial charge < -0.3 is 0 Å². The van der Waals surface area contributed by atoms with E-state index in [1.807, 2.05) is 0 Å². The third-order valence-electron chi connectivity index (χ3n) is 2.21. The molecule has 0 aliphatic heterocycles. The van der Waals surface area contributed by atoms with Crippen LogP contribution in [0.15, 0.2) is 18.2 Å². The highest BCUT2D eigenvalue weighted by Crippen LogP contribution is 2.19. The maximum absolute atomic E-state index is 13.3. The summed E-state index contributed by atoms with van der Waals surface area (Å²) >= 11 is 3.04. The quantitative estimate of drug-likeness (QED) is 0.587. The molecule has 0 saturated heterocycles.